The lowest BCUT2D eigenvalue weighted by Gasteiger charge is -2.21. The molecule has 1 aliphatic rings. The van der Waals surface area contributed by atoms with Crippen LogP contribution < -0.4 is 14.4 Å². The highest BCUT2D eigenvalue weighted by Gasteiger charge is 2.30. The fourth-order valence-corrected chi connectivity index (χ4v) is 4.40. The molecule has 0 spiro atoms. The fourth-order valence-electron chi connectivity index (χ4n) is 3.28. The number of ether oxygens (including phenoxy) is 1. The van der Waals surface area contributed by atoms with E-state index in [4.69, 9.17) is 9.15 Å². The Hall–Kier alpha value is -3.00. The molecule has 0 saturated heterocycles. The average Bonchev–Trinajstić information content (AvgIpc) is 3.40. The third-order valence-electron chi connectivity index (χ3n) is 5.39. The first-order valence-corrected chi connectivity index (χ1v) is 12.0. The summed E-state index contributed by atoms with van der Waals surface area (Å²) in [7, 11) is -0.391. The minimum atomic E-state index is -4.19. The molecule has 170 valence electrons. The van der Waals surface area contributed by atoms with Crippen LogP contribution in [-0.2, 0) is 15.4 Å². The number of fused-ring (bicyclic) bond motifs is 1. The third kappa shape index (κ3) is 4.60. The van der Waals surface area contributed by atoms with Crippen molar-refractivity contribution in [2.24, 2.45) is 0 Å². The Bertz CT molecular complexity index is 1280. The maximum atomic E-state index is 13.2. The van der Waals surface area contributed by atoms with Gasteiger partial charge in [-0.25, -0.2) is 13.1 Å². The van der Waals surface area contributed by atoms with Crippen molar-refractivity contribution in [2.75, 3.05) is 19.0 Å². The van der Waals surface area contributed by atoms with Gasteiger partial charge in [0.15, 0.2) is 5.76 Å². The van der Waals surface area contributed by atoms with Gasteiger partial charge in [-0.3, -0.25) is 4.79 Å². The molecule has 2 aromatic carbocycles. The normalized spacial score (nSPS) is 14.4. The van der Waals surface area contributed by atoms with Gasteiger partial charge in [0.05, 0.1) is 6.10 Å². The maximum Gasteiger partial charge on any atom is 0.300 e. The molecule has 3 aromatic rings. The van der Waals surface area contributed by atoms with Crippen molar-refractivity contribution < 1.29 is 22.4 Å². The predicted octanol–water partition coefficient (Wildman–Crippen LogP) is 4.46. The number of furan rings is 1. The third-order valence-corrected chi connectivity index (χ3v) is 6.74. The molecule has 1 heterocycles. The summed E-state index contributed by atoms with van der Waals surface area (Å²) in [5.41, 5.74) is 1.97. The van der Waals surface area contributed by atoms with E-state index in [1.165, 1.54) is 6.07 Å². The van der Waals surface area contributed by atoms with Crippen molar-refractivity contribution in [3.63, 3.8) is 0 Å². The predicted molar refractivity (Wildman–Crippen MR) is 124 cm³/mol. The molecule has 1 N–H and O–H groups in total. The number of nitrogens with zero attached hydrogens (tertiary/aromatic N) is 1. The van der Waals surface area contributed by atoms with Gasteiger partial charge in [-0.15, -0.1) is 0 Å². The molecule has 32 heavy (non-hydrogen) atoms. The number of anilines is 1. The van der Waals surface area contributed by atoms with E-state index in [2.05, 4.69) is 4.72 Å². The summed E-state index contributed by atoms with van der Waals surface area (Å²) in [6.45, 7) is 5.99. The van der Waals surface area contributed by atoms with E-state index >= 15 is 0 Å². The summed E-state index contributed by atoms with van der Waals surface area (Å²) in [6.07, 6.45) is 1.79. The van der Waals surface area contributed by atoms with Crippen LogP contribution in [0.25, 0.3) is 11.0 Å². The van der Waals surface area contributed by atoms with Gasteiger partial charge >= 0.3 is 5.91 Å². The number of amides is 1. The van der Waals surface area contributed by atoms with Crippen molar-refractivity contribution in [1.29, 1.82) is 0 Å². The summed E-state index contributed by atoms with van der Waals surface area (Å²) >= 11 is 0. The van der Waals surface area contributed by atoms with Crippen molar-refractivity contribution >= 4 is 32.6 Å². The van der Waals surface area contributed by atoms with Gasteiger partial charge in [0, 0.05) is 31.2 Å². The van der Waals surface area contributed by atoms with Crippen LogP contribution in [-0.4, -0.2) is 34.5 Å². The molecular weight excluding hydrogens is 428 g/mol. The molecule has 1 aromatic heterocycles. The minimum Gasteiger partial charge on any atom is -0.489 e. The number of hydrogen-bond donors (Lipinski definition) is 1. The zero-order valence-electron chi connectivity index (χ0n) is 18.9. The second-order valence-corrected chi connectivity index (χ2v) is 11.0. The highest BCUT2D eigenvalue weighted by atomic mass is 32.2. The molecule has 1 fully saturated rings. The fraction of sp³-hybridized carbons (Fsp3) is 0.375. The Kier molecular flexibility index (Phi) is 5.45. The lowest BCUT2D eigenvalue weighted by molar-refractivity contribution is 0.0956. The standard InChI is InChI=1S/C24H28N2O5S/c1-24(2,3)16-7-11-19(30-18-9-10-18)22(13-16)32(28,29)25-23(27)21-12-15-6-8-17(26(4)5)14-20(15)31-21/h6-8,11-14,18H,9-10H2,1-5H3,(H,25,27). The Labute approximate surface area is 188 Å². The number of nitrogens with one attached hydrogen (secondary N) is 1. The van der Waals surface area contributed by atoms with E-state index in [1.807, 2.05) is 58.0 Å². The number of benzene rings is 2. The van der Waals surface area contributed by atoms with E-state index in [0.717, 1.165) is 24.1 Å². The smallest absolute Gasteiger partial charge is 0.300 e. The zero-order chi connectivity index (χ0) is 23.3. The van der Waals surface area contributed by atoms with Crippen LogP contribution in [0.4, 0.5) is 5.69 Å². The van der Waals surface area contributed by atoms with E-state index in [0.29, 0.717) is 11.0 Å². The molecule has 7 nitrogen and oxygen atoms in total. The number of sulfonamides is 1. The van der Waals surface area contributed by atoms with Gasteiger partial charge in [-0.05, 0) is 54.2 Å². The molecule has 1 amide bonds. The Morgan fingerprint density at radius 2 is 1.81 bits per heavy atom. The summed E-state index contributed by atoms with van der Waals surface area (Å²) in [6, 6.07) is 12.2. The number of hydrogen-bond acceptors (Lipinski definition) is 6. The minimum absolute atomic E-state index is 0.0152. The lowest BCUT2D eigenvalue weighted by Crippen LogP contribution is -2.31. The van der Waals surface area contributed by atoms with Gasteiger partial charge in [0.1, 0.15) is 16.2 Å². The van der Waals surface area contributed by atoms with Gasteiger partial charge in [0.2, 0.25) is 0 Å². The first-order valence-electron chi connectivity index (χ1n) is 10.5. The molecule has 1 aliphatic carbocycles. The van der Waals surface area contributed by atoms with Gasteiger partial charge in [-0.2, -0.15) is 0 Å². The van der Waals surface area contributed by atoms with E-state index in [1.54, 1.807) is 18.2 Å². The molecular formula is C24H28N2O5S. The average molecular weight is 457 g/mol. The van der Waals surface area contributed by atoms with Gasteiger partial charge < -0.3 is 14.1 Å². The van der Waals surface area contributed by atoms with Crippen LogP contribution >= 0.6 is 0 Å². The lowest BCUT2D eigenvalue weighted by atomic mass is 9.87. The van der Waals surface area contributed by atoms with Crippen molar-refractivity contribution in [3.05, 3.63) is 53.8 Å². The van der Waals surface area contributed by atoms with E-state index < -0.39 is 15.9 Å². The van der Waals surface area contributed by atoms with Crippen molar-refractivity contribution in [3.8, 4) is 5.75 Å². The molecule has 0 radical (unpaired) electrons. The van der Waals surface area contributed by atoms with Crippen molar-refractivity contribution in [1.82, 2.24) is 4.72 Å². The SMILES string of the molecule is CN(C)c1ccc2cc(C(=O)NS(=O)(=O)c3cc(C(C)(C)C)ccc3OC3CC3)oc2c1. The number of carbonyl (C=O) groups is 1. The van der Waals surface area contributed by atoms with Crippen LogP contribution in [0.5, 0.6) is 5.75 Å². The van der Waals surface area contributed by atoms with Crippen LogP contribution in [0.1, 0.15) is 49.7 Å². The monoisotopic (exact) mass is 456 g/mol. The van der Waals surface area contributed by atoms with E-state index in [-0.39, 0.29) is 27.9 Å². The summed E-state index contributed by atoms with van der Waals surface area (Å²) < 4.78 is 40.1. The Morgan fingerprint density at radius 1 is 1.09 bits per heavy atom. The van der Waals surface area contributed by atoms with Crippen LogP contribution in [0.3, 0.4) is 0 Å². The number of rotatable bonds is 6. The first kappa shape index (κ1) is 22.2. The second kappa shape index (κ2) is 7.85. The van der Waals surface area contributed by atoms with Gasteiger partial charge in [0.25, 0.3) is 10.0 Å². The molecule has 0 unspecified atom stereocenters. The molecule has 0 bridgehead atoms. The van der Waals surface area contributed by atoms with Crippen LogP contribution in [0.2, 0.25) is 0 Å². The highest BCUT2D eigenvalue weighted by Crippen LogP contribution is 2.35. The zero-order valence-corrected chi connectivity index (χ0v) is 19.7. The van der Waals surface area contributed by atoms with Crippen LogP contribution in [0, 0.1) is 0 Å². The first-order chi connectivity index (χ1) is 14.9. The topological polar surface area (TPSA) is 88.9 Å². The largest absolute Gasteiger partial charge is 0.489 e. The molecule has 0 aliphatic heterocycles. The second-order valence-electron chi connectivity index (χ2n) is 9.39. The summed E-state index contributed by atoms with van der Waals surface area (Å²) in [4.78, 5) is 14.7. The van der Waals surface area contributed by atoms with Gasteiger partial charge in [-0.1, -0.05) is 26.8 Å². The highest BCUT2D eigenvalue weighted by molar-refractivity contribution is 7.90. The van der Waals surface area contributed by atoms with Crippen LogP contribution in [0.15, 0.2) is 51.8 Å². The molecule has 0 atom stereocenters. The Balaban J connectivity index is 1.66. The molecule has 1 saturated carbocycles. The number of carbonyl (C=O) groups excluding carboxylic acids is 1. The van der Waals surface area contributed by atoms with Crippen molar-refractivity contribution in [2.45, 2.75) is 50.0 Å². The molecule has 4 rings (SSSR count). The summed E-state index contributed by atoms with van der Waals surface area (Å²) in [5, 5.41) is 0.714. The quantitative estimate of drug-likeness (QED) is 0.589. The van der Waals surface area contributed by atoms with E-state index in [9.17, 15) is 13.2 Å². The maximum absolute atomic E-state index is 13.2. The Morgan fingerprint density at radius 3 is 2.44 bits per heavy atom. The molecule has 8 heteroatoms. The summed E-state index contributed by atoms with van der Waals surface area (Å²) in [5.74, 6) is -0.650.